The molecule has 10 heteroatoms. The van der Waals surface area contributed by atoms with Gasteiger partial charge in [0, 0.05) is 30.4 Å². The summed E-state index contributed by atoms with van der Waals surface area (Å²) in [6, 6.07) is 8.57. The normalized spacial score (nSPS) is 11.5. The van der Waals surface area contributed by atoms with E-state index in [-0.39, 0.29) is 28.9 Å². The number of carbonyl (C=O) groups is 1. The number of benzene rings is 1. The van der Waals surface area contributed by atoms with Gasteiger partial charge in [-0.2, -0.15) is 0 Å². The molecule has 0 unspecified atom stereocenters. The van der Waals surface area contributed by atoms with Crippen molar-refractivity contribution in [1.82, 2.24) is 14.6 Å². The molecule has 1 amide bonds. The lowest BCUT2D eigenvalue weighted by molar-refractivity contribution is 0.0954. The van der Waals surface area contributed by atoms with Crippen LogP contribution >= 0.6 is 22.9 Å². The number of aryl methyl sites for hydroxylation is 1. The molecule has 148 valence electrons. The minimum Gasteiger partial charge on any atom is -0.351 e. The molecule has 0 saturated carbocycles. The predicted octanol–water partition coefficient (Wildman–Crippen LogP) is 3.35. The van der Waals surface area contributed by atoms with Gasteiger partial charge in [0.25, 0.3) is 5.91 Å². The molecule has 6 nitrogen and oxygen atoms in total. The molecule has 3 aromatic rings. The maximum atomic E-state index is 13.1. The number of aromatic nitrogens is 1. The van der Waals surface area contributed by atoms with E-state index in [1.807, 2.05) is 36.0 Å². The summed E-state index contributed by atoms with van der Waals surface area (Å²) in [4.78, 5) is 13.3. The van der Waals surface area contributed by atoms with Crippen LogP contribution in [-0.2, 0) is 10.0 Å². The fourth-order valence-electron chi connectivity index (χ4n) is 2.55. The van der Waals surface area contributed by atoms with Crippen LogP contribution < -0.4 is 10.0 Å². The number of thiophene rings is 1. The standard InChI is InChI=1S/C18H17ClFN3O3S2/c1-12-10-14(18(27-12)23-8-2-3-9-23)17(24)21-6-7-22-28(25,26)16-5-4-13(20)11-15(16)19/h2-5,8-11,22H,6-7H2,1H3,(H,21,24). The summed E-state index contributed by atoms with van der Waals surface area (Å²) >= 11 is 7.29. The Bertz CT molecular complexity index is 1100. The second-order valence-electron chi connectivity index (χ2n) is 5.89. The van der Waals surface area contributed by atoms with Gasteiger partial charge in [0.05, 0.1) is 10.6 Å². The molecular weight excluding hydrogens is 425 g/mol. The average Bonchev–Trinajstić information content (AvgIpc) is 3.27. The highest BCUT2D eigenvalue weighted by molar-refractivity contribution is 7.89. The molecule has 0 aliphatic heterocycles. The van der Waals surface area contributed by atoms with Crippen molar-refractivity contribution in [2.75, 3.05) is 13.1 Å². The molecule has 28 heavy (non-hydrogen) atoms. The van der Waals surface area contributed by atoms with E-state index < -0.39 is 15.8 Å². The van der Waals surface area contributed by atoms with Gasteiger partial charge in [0.1, 0.15) is 15.7 Å². The Kier molecular flexibility index (Phi) is 6.19. The first-order valence-corrected chi connectivity index (χ1v) is 10.9. The lowest BCUT2D eigenvalue weighted by Gasteiger charge is -2.10. The van der Waals surface area contributed by atoms with Crippen molar-refractivity contribution in [3.8, 4) is 5.00 Å². The summed E-state index contributed by atoms with van der Waals surface area (Å²) in [5.74, 6) is -0.923. The van der Waals surface area contributed by atoms with Gasteiger partial charge in [-0.05, 0) is 43.3 Å². The van der Waals surface area contributed by atoms with Crippen LogP contribution in [0.5, 0.6) is 0 Å². The zero-order valence-corrected chi connectivity index (χ0v) is 17.2. The molecule has 0 radical (unpaired) electrons. The number of nitrogens with one attached hydrogen (secondary N) is 2. The molecule has 2 N–H and O–H groups in total. The second-order valence-corrected chi connectivity index (χ2v) is 9.27. The number of rotatable bonds is 7. The summed E-state index contributed by atoms with van der Waals surface area (Å²) in [6.07, 6.45) is 3.70. The molecular formula is C18H17ClFN3O3S2. The monoisotopic (exact) mass is 441 g/mol. The third kappa shape index (κ3) is 4.61. The fourth-order valence-corrected chi connectivity index (χ4v) is 5.09. The summed E-state index contributed by atoms with van der Waals surface area (Å²) in [5.41, 5.74) is 0.517. The molecule has 0 aliphatic carbocycles. The quantitative estimate of drug-likeness (QED) is 0.552. The first kappa shape index (κ1) is 20.5. The van der Waals surface area contributed by atoms with Gasteiger partial charge >= 0.3 is 0 Å². The molecule has 2 heterocycles. The van der Waals surface area contributed by atoms with Gasteiger partial charge in [-0.25, -0.2) is 17.5 Å². The Labute approximate surface area is 171 Å². The lowest BCUT2D eigenvalue weighted by atomic mass is 10.2. The smallest absolute Gasteiger partial charge is 0.254 e. The number of carbonyl (C=O) groups excluding carboxylic acids is 1. The molecule has 0 saturated heterocycles. The van der Waals surface area contributed by atoms with Crippen LogP contribution in [0.3, 0.4) is 0 Å². The molecule has 2 aromatic heterocycles. The fraction of sp³-hybridized carbons (Fsp3) is 0.167. The number of nitrogens with zero attached hydrogens (tertiary/aromatic N) is 1. The van der Waals surface area contributed by atoms with Crippen LogP contribution in [0, 0.1) is 12.7 Å². The van der Waals surface area contributed by atoms with Crippen LogP contribution in [0.15, 0.2) is 53.7 Å². The van der Waals surface area contributed by atoms with Crippen molar-refractivity contribution >= 4 is 38.9 Å². The second kappa shape index (κ2) is 8.44. The topological polar surface area (TPSA) is 80.2 Å². The zero-order chi connectivity index (χ0) is 20.3. The molecule has 0 fully saturated rings. The number of sulfonamides is 1. The van der Waals surface area contributed by atoms with Gasteiger partial charge in [-0.1, -0.05) is 11.6 Å². The lowest BCUT2D eigenvalue weighted by Crippen LogP contribution is -2.35. The highest BCUT2D eigenvalue weighted by Crippen LogP contribution is 2.26. The summed E-state index contributed by atoms with van der Waals surface area (Å²) in [7, 11) is -3.91. The van der Waals surface area contributed by atoms with Crippen molar-refractivity contribution in [1.29, 1.82) is 0 Å². The van der Waals surface area contributed by atoms with E-state index in [1.165, 1.54) is 11.3 Å². The highest BCUT2D eigenvalue weighted by Gasteiger charge is 2.19. The van der Waals surface area contributed by atoms with Crippen LogP contribution in [0.4, 0.5) is 4.39 Å². The van der Waals surface area contributed by atoms with E-state index >= 15 is 0 Å². The summed E-state index contributed by atoms with van der Waals surface area (Å²) in [6.45, 7) is 1.95. The first-order valence-electron chi connectivity index (χ1n) is 8.24. The van der Waals surface area contributed by atoms with E-state index in [1.54, 1.807) is 6.07 Å². The van der Waals surface area contributed by atoms with Crippen LogP contribution in [0.1, 0.15) is 15.2 Å². The number of hydrogen-bond donors (Lipinski definition) is 2. The van der Waals surface area contributed by atoms with E-state index in [0.717, 1.165) is 28.1 Å². The van der Waals surface area contributed by atoms with E-state index in [0.29, 0.717) is 5.56 Å². The van der Waals surface area contributed by atoms with E-state index in [4.69, 9.17) is 11.6 Å². The maximum absolute atomic E-state index is 13.1. The number of hydrogen-bond acceptors (Lipinski definition) is 4. The number of amides is 1. The third-order valence-corrected chi connectivity index (χ3v) is 6.81. The van der Waals surface area contributed by atoms with Crippen molar-refractivity contribution in [2.24, 2.45) is 0 Å². The Balaban J connectivity index is 1.61. The Morgan fingerprint density at radius 1 is 1.21 bits per heavy atom. The van der Waals surface area contributed by atoms with Crippen LogP contribution in [0.2, 0.25) is 5.02 Å². The largest absolute Gasteiger partial charge is 0.351 e. The predicted molar refractivity (Wildman–Crippen MR) is 107 cm³/mol. The van der Waals surface area contributed by atoms with Gasteiger partial charge < -0.3 is 9.88 Å². The van der Waals surface area contributed by atoms with Gasteiger partial charge in [0.2, 0.25) is 10.0 Å². The summed E-state index contributed by atoms with van der Waals surface area (Å²) in [5, 5.41) is 3.28. The Hall–Kier alpha value is -2.20. The van der Waals surface area contributed by atoms with Gasteiger partial charge in [-0.15, -0.1) is 11.3 Å². The van der Waals surface area contributed by atoms with E-state index in [2.05, 4.69) is 10.0 Å². The highest BCUT2D eigenvalue weighted by atomic mass is 35.5. The molecule has 1 aromatic carbocycles. The van der Waals surface area contributed by atoms with Gasteiger partial charge in [0.15, 0.2) is 0 Å². The molecule has 3 rings (SSSR count). The zero-order valence-electron chi connectivity index (χ0n) is 14.8. The van der Waals surface area contributed by atoms with Crippen LogP contribution in [-0.4, -0.2) is 32.0 Å². The van der Waals surface area contributed by atoms with Gasteiger partial charge in [-0.3, -0.25) is 4.79 Å². The Morgan fingerprint density at radius 3 is 2.61 bits per heavy atom. The maximum Gasteiger partial charge on any atom is 0.254 e. The number of halogens is 2. The molecule has 0 atom stereocenters. The molecule has 0 bridgehead atoms. The Morgan fingerprint density at radius 2 is 1.93 bits per heavy atom. The average molecular weight is 442 g/mol. The van der Waals surface area contributed by atoms with E-state index in [9.17, 15) is 17.6 Å². The third-order valence-electron chi connectivity index (χ3n) is 3.81. The minimum atomic E-state index is -3.91. The first-order chi connectivity index (χ1) is 13.3. The van der Waals surface area contributed by atoms with Crippen LogP contribution in [0.25, 0.3) is 5.00 Å². The molecule has 0 aliphatic rings. The van der Waals surface area contributed by atoms with Crippen molar-refractivity contribution in [2.45, 2.75) is 11.8 Å². The summed E-state index contributed by atoms with van der Waals surface area (Å²) < 4.78 is 41.8. The van der Waals surface area contributed by atoms with Crippen molar-refractivity contribution in [3.63, 3.8) is 0 Å². The minimum absolute atomic E-state index is 0.0379. The van der Waals surface area contributed by atoms with Crippen molar-refractivity contribution < 1.29 is 17.6 Å². The molecule has 0 spiro atoms. The SMILES string of the molecule is Cc1cc(C(=O)NCCNS(=O)(=O)c2ccc(F)cc2Cl)c(-n2cccc2)s1. The van der Waals surface area contributed by atoms with Crippen molar-refractivity contribution in [3.05, 3.63) is 70.1 Å².